The van der Waals surface area contributed by atoms with E-state index in [4.69, 9.17) is 0 Å². The Morgan fingerprint density at radius 3 is 2.36 bits per heavy atom. The van der Waals surface area contributed by atoms with Crippen LogP contribution in [0.15, 0.2) is 73.3 Å². The van der Waals surface area contributed by atoms with E-state index in [1.54, 1.807) is 0 Å². The van der Waals surface area contributed by atoms with Crippen LogP contribution in [0.5, 0.6) is 0 Å². The van der Waals surface area contributed by atoms with Gasteiger partial charge < -0.3 is 0 Å². The Hall–Kier alpha value is -2.34. The van der Waals surface area contributed by atoms with Crippen molar-refractivity contribution >= 4 is 5.57 Å². The molecule has 0 saturated carbocycles. The van der Waals surface area contributed by atoms with Gasteiger partial charge in [-0.15, -0.1) is 6.58 Å². The number of rotatable bonds is 4. The molecular formula is C22H22. The molecule has 1 aliphatic rings. The zero-order chi connectivity index (χ0) is 15.5. The highest BCUT2D eigenvalue weighted by Gasteiger charge is 2.21. The van der Waals surface area contributed by atoms with Gasteiger partial charge in [0.1, 0.15) is 0 Å². The fraction of sp³-hybridized carbons (Fsp3) is 0.182. The molecule has 0 radical (unpaired) electrons. The fourth-order valence-electron chi connectivity index (χ4n) is 3.48. The molecule has 0 fully saturated rings. The normalized spacial score (nSPS) is 16.6. The quantitative estimate of drug-likeness (QED) is 0.626. The molecule has 110 valence electrons. The lowest BCUT2D eigenvalue weighted by Crippen LogP contribution is -2.03. The number of allylic oxidation sites excluding steroid dienone is 5. The maximum absolute atomic E-state index is 3.85. The Balaban J connectivity index is 2.02. The highest BCUT2D eigenvalue weighted by molar-refractivity contribution is 5.78. The molecule has 0 aliphatic heterocycles. The van der Waals surface area contributed by atoms with Crippen LogP contribution < -0.4 is 0 Å². The fourth-order valence-corrected chi connectivity index (χ4v) is 3.48. The number of hydrogen-bond donors (Lipinski definition) is 0. The second kappa shape index (κ2) is 6.19. The van der Waals surface area contributed by atoms with E-state index in [2.05, 4.69) is 81.1 Å². The van der Waals surface area contributed by atoms with Crippen LogP contribution in [0.4, 0.5) is 0 Å². The van der Waals surface area contributed by atoms with Crippen LogP contribution in [0.3, 0.4) is 0 Å². The van der Waals surface area contributed by atoms with Crippen molar-refractivity contribution < 1.29 is 0 Å². The van der Waals surface area contributed by atoms with Crippen molar-refractivity contribution in [3.8, 4) is 0 Å². The summed E-state index contributed by atoms with van der Waals surface area (Å²) in [5.74, 6) is 0.361. The Morgan fingerprint density at radius 1 is 1.05 bits per heavy atom. The van der Waals surface area contributed by atoms with Gasteiger partial charge >= 0.3 is 0 Å². The van der Waals surface area contributed by atoms with Crippen LogP contribution in [0.25, 0.3) is 5.57 Å². The molecule has 0 heteroatoms. The van der Waals surface area contributed by atoms with E-state index in [-0.39, 0.29) is 0 Å². The minimum Gasteiger partial charge on any atom is -0.103 e. The van der Waals surface area contributed by atoms with Crippen molar-refractivity contribution in [2.45, 2.75) is 26.2 Å². The summed E-state index contributed by atoms with van der Waals surface area (Å²) in [6, 6.07) is 15.3. The van der Waals surface area contributed by atoms with E-state index >= 15 is 0 Å². The van der Waals surface area contributed by atoms with E-state index in [9.17, 15) is 0 Å². The van der Waals surface area contributed by atoms with E-state index < -0.39 is 0 Å². The van der Waals surface area contributed by atoms with E-state index in [0.717, 1.165) is 6.42 Å². The third-order valence-corrected chi connectivity index (χ3v) is 4.37. The average Bonchev–Trinajstić information content (AvgIpc) is 2.97. The highest BCUT2D eigenvalue weighted by atomic mass is 14.3. The molecule has 0 nitrogen and oxygen atoms in total. The first-order valence-electron chi connectivity index (χ1n) is 7.85. The zero-order valence-electron chi connectivity index (χ0n) is 13.3. The van der Waals surface area contributed by atoms with Gasteiger partial charge in [-0.1, -0.05) is 66.8 Å². The molecule has 0 N–H and O–H groups in total. The Labute approximate surface area is 133 Å². The first kappa shape index (κ1) is 14.6. The van der Waals surface area contributed by atoms with Gasteiger partial charge in [0.25, 0.3) is 0 Å². The van der Waals surface area contributed by atoms with Gasteiger partial charge in [-0.05, 0) is 53.7 Å². The maximum atomic E-state index is 3.85. The number of hydrogen-bond acceptors (Lipinski definition) is 0. The average molecular weight is 286 g/mol. The van der Waals surface area contributed by atoms with Gasteiger partial charge in [0.15, 0.2) is 0 Å². The van der Waals surface area contributed by atoms with Crippen molar-refractivity contribution in [1.29, 1.82) is 0 Å². The Kier molecular flexibility index (Phi) is 4.11. The largest absolute Gasteiger partial charge is 0.103 e. The molecule has 2 aromatic carbocycles. The van der Waals surface area contributed by atoms with Gasteiger partial charge in [0.2, 0.25) is 0 Å². The predicted octanol–water partition coefficient (Wildman–Crippen LogP) is 5.77. The summed E-state index contributed by atoms with van der Waals surface area (Å²) in [5.41, 5.74) is 8.23. The van der Waals surface area contributed by atoms with Crippen LogP contribution in [0.1, 0.15) is 33.7 Å². The van der Waals surface area contributed by atoms with Gasteiger partial charge in [0, 0.05) is 5.92 Å². The summed E-state index contributed by atoms with van der Waals surface area (Å²) in [5, 5.41) is 0. The topological polar surface area (TPSA) is 0 Å². The van der Waals surface area contributed by atoms with Crippen molar-refractivity contribution in [1.82, 2.24) is 0 Å². The summed E-state index contributed by atoms with van der Waals surface area (Å²) < 4.78 is 0. The van der Waals surface area contributed by atoms with Crippen LogP contribution in [0, 0.1) is 13.8 Å². The monoisotopic (exact) mass is 286 g/mol. The predicted molar refractivity (Wildman–Crippen MR) is 96.1 cm³/mol. The molecule has 0 amide bonds. The Morgan fingerprint density at radius 2 is 1.73 bits per heavy atom. The molecule has 3 rings (SSSR count). The third kappa shape index (κ3) is 2.69. The van der Waals surface area contributed by atoms with Gasteiger partial charge in [-0.3, -0.25) is 0 Å². The first-order valence-corrected chi connectivity index (χ1v) is 7.85. The summed E-state index contributed by atoms with van der Waals surface area (Å²) in [6.07, 6.45) is 9.65. The zero-order valence-corrected chi connectivity index (χ0v) is 13.3. The number of aryl methyl sites for hydroxylation is 2. The molecular weight excluding hydrogens is 264 g/mol. The van der Waals surface area contributed by atoms with Crippen molar-refractivity contribution in [3.63, 3.8) is 0 Å². The molecule has 1 atom stereocenters. The minimum absolute atomic E-state index is 0.361. The van der Waals surface area contributed by atoms with E-state index in [1.165, 1.54) is 33.4 Å². The highest BCUT2D eigenvalue weighted by Crippen LogP contribution is 2.40. The van der Waals surface area contributed by atoms with Crippen molar-refractivity contribution in [2.75, 3.05) is 0 Å². The second-order valence-corrected chi connectivity index (χ2v) is 5.99. The Bertz CT molecular complexity index is 722. The first-order chi connectivity index (χ1) is 10.7. The molecule has 1 aliphatic carbocycles. The second-order valence-electron chi connectivity index (χ2n) is 5.99. The lowest BCUT2D eigenvalue weighted by Gasteiger charge is -2.20. The third-order valence-electron chi connectivity index (χ3n) is 4.37. The molecule has 0 aromatic heterocycles. The van der Waals surface area contributed by atoms with Crippen LogP contribution in [-0.2, 0) is 6.42 Å². The van der Waals surface area contributed by atoms with Crippen molar-refractivity contribution in [3.05, 3.63) is 101 Å². The summed E-state index contributed by atoms with van der Waals surface area (Å²) in [6.45, 7) is 8.30. The molecule has 1 unspecified atom stereocenters. The SMILES string of the molecule is C=CCc1cc(C)c(C2C=CC=C2c2ccccc2)c(C)c1. The molecule has 2 aromatic rings. The smallest absolute Gasteiger partial charge is 0.0283 e. The minimum atomic E-state index is 0.361. The van der Waals surface area contributed by atoms with Gasteiger partial charge in [-0.2, -0.15) is 0 Å². The summed E-state index contributed by atoms with van der Waals surface area (Å²) in [7, 11) is 0. The van der Waals surface area contributed by atoms with Gasteiger partial charge in [0.05, 0.1) is 0 Å². The lowest BCUT2D eigenvalue weighted by atomic mass is 9.83. The standard InChI is InChI=1S/C22H22/c1-4-9-18-14-16(2)22(17(3)15-18)21-13-8-12-20(21)19-10-6-5-7-11-19/h4-8,10-15,21H,1,9H2,2-3H3. The maximum Gasteiger partial charge on any atom is 0.0283 e. The molecule has 22 heavy (non-hydrogen) atoms. The van der Waals surface area contributed by atoms with Crippen molar-refractivity contribution in [2.24, 2.45) is 0 Å². The number of benzene rings is 2. The molecule has 0 spiro atoms. The lowest BCUT2D eigenvalue weighted by molar-refractivity contribution is 1.05. The molecule has 0 heterocycles. The molecule has 0 bridgehead atoms. The van der Waals surface area contributed by atoms with Crippen LogP contribution in [0.2, 0.25) is 0 Å². The molecule has 0 saturated heterocycles. The summed E-state index contributed by atoms with van der Waals surface area (Å²) >= 11 is 0. The summed E-state index contributed by atoms with van der Waals surface area (Å²) in [4.78, 5) is 0. The van der Waals surface area contributed by atoms with E-state index in [0.29, 0.717) is 5.92 Å². The van der Waals surface area contributed by atoms with Crippen LogP contribution >= 0.6 is 0 Å². The van der Waals surface area contributed by atoms with E-state index in [1.807, 2.05) is 6.08 Å². The van der Waals surface area contributed by atoms with Gasteiger partial charge in [-0.25, -0.2) is 0 Å². The van der Waals surface area contributed by atoms with Crippen LogP contribution in [-0.4, -0.2) is 0 Å².